The van der Waals surface area contributed by atoms with E-state index in [1.165, 1.54) is 18.7 Å². The van der Waals surface area contributed by atoms with Gasteiger partial charge in [-0.3, -0.25) is 4.98 Å². The molecule has 1 aliphatic rings. The van der Waals surface area contributed by atoms with Crippen LogP contribution in [-0.4, -0.2) is 9.97 Å². The third-order valence-corrected chi connectivity index (χ3v) is 3.72. The van der Waals surface area contributed by atoms with Crippen molar-refractivity contribution in [1.29, 1.82) is 0 Å². The van der Waals surface area contributed by atoms with Crippen LogP contribution in [0, 0.1) is 5.82 Å². The number of aromatic nitrogens is 2. The molecule has 90 valence electrons. The van der Waals surface area contributed by atoms with Crippen molar-refractivity contribution in [1.82, 2.24) is 9.97 Å². The summed E-state index contributed by atoms with van der Waals surface area (Å²) in [7, 11) is 0. The van der Waals surface area contributed by atoms with Crippen LogP contribution in [0.1, 0.15) is 37.8 Å². The molecule has 3 N–H and O–H groups in total. The Balaban J connectivity index is 2.05. The molecule has 17 heavy (non-hydrogen) atoms. The van der Waals surface area contributed by atoms with Crippen molar-refractivity contribution in [2.45, 2.75) is 37.6 Å². The van der Waals surface area contributed by atoms with Gasteiger partial charge in [0.1, 0.15) is 5.82 Å². The van der Waals surface area contributed by atoms with Crippen molar-refractivity contribution in [3.05, 3.63) is 29.8 Å². The number of hydrogen-bond donors (Lipinski definition) is 2. The topological polar surface area (TPSA) is 54.7 Å². The molecule has 1 fully saturated rings. The van der Waals surface area contributed by atoms with E-state index in [1.807, 2.05) is 6.07 Å². The molecule has 0 unspecified atom stereocenters. The summed E-state index contributed by atoms with van der Waals surface area (Å²) in [4.78, 5) is 7.28. The summed E-state index contributed by atoms with van der Waals surface area (Å²) in [5.41, 5.74) is 8.66. The first-order chi connectivity index (χ1) is 8.17. The Kier molecular flexibility index (Phi) is 2.40. The van der Waals surface area contributed by atoms with Gasteiger partial charge in [0.25, 0.3) is 0 Å². The summed E-state index contributed by atoms with van der Waals surface area (Å²) in [6.07, 6.45) is 6.79. The average molecular weight is 233 g/mol. The van der Waals surface area contributed by atoms with E-state index in [0.717, 1.165) is 42.4 Å². The first kappa shape index (κ1) is 10.7. The maximum atomic E-state index is 13.1. The van der Waals surface area contributed by atoms with Gasteiger partial charge in [-0.25, -0.2) is 4.39 Å². The highest BCUT2D eigenvalue weighted by molar-refractivity contribution is 5.76. The molecule has 2 aromatic heterocycles. The lowest BCUT2D eigenvalue weighted by Gasteiger charge is -2.32. The van der Waals surface area contributed by atoms with E-state index >= 15 is 0 Å². The standard InChI is InChI=1S/C13H16FN3/c14-9-6-11-10(16-8-9)7-12(17-11)13(15)4-2-1-3-5-13/h6-8,17H,1-5,15H2. The summed E-state index contributed by atoms with van der Waals surface area (Å²) in [5.74, 6) is -0.319. The van der Waals surface area contributed by atoms with Crippen LogP contribution in [0.15, 0.2) is 18.3 Å². The molecule has 0 aliphatic heterocycles. The second kappa shape index (κ2) is 3.81. The van der Waals surface area contributed by atoms with E-state index in [1.54, 1.807) is 0 Å². The van der Waals surface area contributed by atoms with Gasteiger partial charge in [0.05, 0.1) is 22.8 Å². The molecule has 0 bridgehead atoms. The average Bonchev–Trinajstić information content (AvgIpc) is 2.73. The van der Waals surface area contributed by atoms with E-state index in [9.17, 15) is 4.39 Å². The van der Waals surface area contributed by atoms with Crippen molar-refractivity contribution in [3.8, 4) is 0 Å². The third-order valence-electron chi connectivity index (χ3n) is 3.72. The molecular formula is C13H16FN3. The zero-order valence-corrected chi connectivity index (χ0v) is 9.67. The molecule has 0 saturated heterocycles. The van der Waals surface area contributed by atoms with Gasteiger partial charge in [-0.15, -0.1) is 0 Å². The number of pyridine rings is 1. The van der Waals surface area contributed by atoms with Crippen LogP contribution in [0.5, 0.6) is 0 Å². The maximum Gasteiger partial charge on any atom is 0.143 e. The lowest BCUT2D eigenvalue weighted by Crippen LogP contribution is -2.38. The van der Waals surface area contributed by atoms with Gasteiger partial charge in [0.15, 0.2) is 0 Å². The van der Waals surface area contributed by atoms with Gasteiger partial charge >= 0.3 is 0 Å². The van der Waals surface area contributed by atoms with Gasteiger partial charge in [-0.1, -0.05) is 19.3 Å². The molecule has 3 nitrogen and oxygen atoms in total. The zero-order chi connectivity index (χ0) is 11.9. The Labute approximate surface area is 99.2 Å². The minimum atomic E-state index is -0.319. The van der Waals surface area contributed by atoms with Crippen LogP contribution in [0.2, 0.25) is 0 Å². The molecule has 0 radical (unpaired) electrons. The number of nitrogens with one attached hydrogen (secondary N) is 1. The van der Waals surface area contributed by atoms with Crippen molar-refractivity contribution in [2.24, 2.45) is 5.73 Å². The van der Waals surface area contributed by atoms with Crippen LogP contribution in [-0.2, 0) is 5.54 Å². The first-order valence-electron chi connectivity index (χ1n) is 6.11. The van der Waals surface area contributed by atoms with Crippen LogP contribution >= 0.6 is 0 Å². The van der Waals surface area contributed by atoms with Crippen LogP contribution in [0.25, 0.3) is 11.0 Å². The Bertz CT molecular complexity index is 541. The maximum absolute atomic E-state index is 13.1. The third kappa shape index (κ3) is 1.82. The second-order valence-electron chi connectivity index (χ2n) is 4.99. The van der Waals surface area contributed by atoms with E-state index in [4.69, 9.17) is 5.73 Å². The molecule has 2 aromatic rings. The molecule has 0 spiro atoms. The van der Waals surface area contributed by atoms with Crippen molar-refractivity contribution in [2.75, 3.05) is 0 Å². The van der Waals surface area contributed by atoms with Gasteiger partial charge in [0, 0.05) is 11.8 Å². The predicted octanol–water partition coefficient (Wildman–Crippen LogP) is 2.82. The molecule has 0 atom stereocenters. The van der Waals surface area contributed by atoms with Crippen molar-refractivity contribution >= 4 is 11.0 Å². The highest BCUT2D eigenvalue weighted by Gasteiger charge is 2.31. The largest absolute Gasteiger partial charge is 0.355 e. The van der Waals surface area contributed by atoms with Crippen LogP contribution < -0.4 is 5.73 Å². The van der Waals surface area contributed by atoms with Gasteiger partial charge in [-0.05, 0) is 18.9 Å². The van der Waals surface area contributed by atoms with Gasteiger partial charge in [-0.2, -0.15) is 0 Å². The summed E-state index contributed by atoms with van der Waals surface area (Å²) >= 11 is 0. The number of aromatic amines is 1. The van der Waals surface area contributed by atoms with Crippen LogP contribution in [0.3, 0.4) is 0 Å². The fourth-order valence-corrected chi connectivity index (χ4v) is 2.70. The number of halogens is 1. The van der Waals surface area contributed by atoms with E-state index in [0.29, 0.717) is 0 Å². The normalized spacial score (nSPS) is 19.6. The quantitative estimate of drug-likeness (QED) is 0.795. The lowest BCUT2D eigenvalue weighted by atomic mass is 9.80. The molecule has 1 saturated carbocycles. The molecule has 0 amide bonds. The second-order valence-corrected chi connectivity index (χ2v) is 4.99. The Morgan fingerprint density at radius 1 is 1.24 bits per heavy atom. The Morgan fingerprint density at radius 3 is 2.76 bits per heavy atom. The zero-order valence-electron chi connectivity index (χ0n) is 9.67. The molecule has 3 rings (SSSR count). The Hall–Kier alpha value is -1.42. The van der Waals surface area contributed by atoms with Gasteiger partial charge < -0.3 is 10.7 Å². The number of H-pyrrole nitrogens is 1. The number of hydrogen-bond acceptors (Lipinski definition) is 2. The summed E-state index contributed by atoms with van der Waals surface area (Å²) in [6.45, 7) is 0. The molecule has 2 heterocycles. The SMILES string of the molecule is NC1(c2cc3ncc(F)cc3[nH]2)CCCCC1. The molecule has 4 heteroatoms. The highest BCUT2D eigenvalue weighted by atomic mass is 19.1. The highest BCUT2D eigenvalue weighted by Crippen LogP contribution is 2.35. The van der Waals surface area contributed by atoms with E-state index in [-0.39, 0.29) is 11.4 Å². The molecule has 1 aliphatic carbocycles. The monoisotopic (exact) mass is 233 g/mol. The van der Waals surface area contributed by atoms with Crippen molar-refractivity contribution in [3.63, 3.8) is 0 Å². The summed E-state index contributed by atoms with van der Waals surface area (Å²) in [6, 6.07) is 3.43. The fourth-order valence-electron chi connectivity index (χ4n) is 2.70. The predicted molar refractivity (Wildman–Crippen MR) is 65.0 cm³/mol. The van der Waals surface area contributed by atoms with E-state index < -0.39 is 0 Å². The minimum absolute atomic E-state index is 0.282. The number of fused-ring (bicyclic) bond motifs is 1. The summed E-state index contributed by atoms with van der Waals surface area (Å²) < 4.78 is 13.1. The van der Waals surface area contributed by atoms with Gasteiger partial charge in [0.2, 0.25) is 0 Å². The summed E-state index contributed by atoms with van der Waals surface area (Å²) in [5, 5.41) is 0. The lowest BCUT2D eigenvalue weighted by molar-refractivity contribution is 0.296. The number of nitrogens with zero attached hydrogens (tertiary/aromatic N) is 1. The first-order valence-corrected chi connectivity index (χ1v) is 6.11. The Morgan fingerprint density at radius 2 is 2.00 bits per heavy atom. The smallest absolute Gasteiger partial charge is 0.143 e. The molecule has 0 aromatic carbocycles. The molecular weight excluding hydrogens is 217 g/mol. The fraction of sp³-hybridized carbons (Fsp3) is 0.462. The van der Waals surface area contributed by atoms with E-state index in [2.05, 4.69) is 9.97 Å². The number of rotatable bonds is 1. The van der Waals surface area contributed by atoms with Crippen LogP contribution in [0.4, 0.5) is 4.39 Å². The van der Waals surface area contributed by atoms with Crippen molar-refractivity contribution < 1.29 is 4.39 Å². The number of nitrogens with two attached hydrogens (primary N) is 1. The minimum Gasteiger partial charge on any atom is -0.355 e.